The highest BCUT2D eigenvalue weighted by Gasteiger charge is 2.26. The summed E-state index contributed by atoms with van der Waals surface area (Å²) in [6, 6.07) is 16.6. The minimum atomic E-state index is -0.253. The largest absolute Gasteiger partial charge is 0.497 e. The minimum Gasteiger partial charge on any atom is -0.497 e. The summed E-state index contributed by atoms with van der Waals surface area (Å²) in [4.78, 5) is 30.6. The molecule has 1 heterocycles. The van der Waals surface area contributed by atoms with Crippen LogP contribution in [0.3, 0.4) is 0 Å². The molecule has 0 aliphatic heterocycles. The molecular formula is C30H38ClN3O4. The monoisotopic (exact) mass is 539 g/mol. The lowest BCUT2D eigenvalue weighted by Crippen LogP contribution is -2.46. The second kappa shape index (κ2) is 13.4. The summed E-state index contributed by atoms with van der Waals surface area (Å²) >= 11 is 6.39. The zero-order chi connectivity index (χ0) is 27.8. The highest BCUT2D eigenvalue weighted by Crippen LogP contribution is 2.24. The fourth-order valence-electron chi connectivity index (χ4n) is 4.28. The van der Waals surface area contributed by atoms with Crippen LogP contribution in [0.2, 0.25) is 5.02 Å². The number of carbonyl (C=O) groups is 2. The molecule has 0 N–H and O–H groups in total. The molecule has 2 amide bonds. The summed E-state index contributed by atoms with van der Waals surface area (Å²) in [5.74, 6) is 0.932. The third kappa shape index (κ3) is 7.54. The van der Waals surface area contributed by atoms with Crippen molar-refractivity contribution in [2.75, 3.05) is 27.3 Å². The Labute approximate surface area is 230 Å². The quantitative estimate of drug-likeness (QED) is 0.294. The molecule has 3 rings (SSSR count). The lowest BCUT2D eigenvalue weighted by molar-refractivity contribution is -0.133. The van der Waals surface area contributed by atoms with E-state index in [0.29, 0.717) is 41.7 Å². The van der Waals surface area contributed by atoms with Gasteiger partial charge in [-0.2, -0.15) is 0 Å². The molecule has 0 unspecified atom stereocenters. The smallest absolute Gasteiger partial charge is 0.254 e. The molecule has 0 saturated carbocycles. The van der Waals surface area contributed by atoms with Crippen molar-refractivity contribution in [3.63, 3.8) is 0 Å². The summed E-state index contributed by atoms with van der Waals surface area (Å²) in [6.45, 7) is 9.56. The van der Waals surface area contributed by atoms with Crippen LogP contribution in [0.15, 0.2) is 60.8 Å². The van der Waals surface area contributed by atoms with Gasteiger partial charge in [0.25, 0.3) is 5.91 Å². The van der Waals surface area contributed by atoms with Gasteiger partial charge in [0.1, 0.15) is 18.0 Å². The van der Waals surface area contributed by atoms with Crippen molar-refractivity contribution < 1.29 is 19.1 Å². The van der Waals surface area contributed by atoms with E-state index in [0.717, 1.165) is 11.3 Å². The molecule has 0 radical (unpaired) electrons. The predicted molar refractivity (Wildman–Crippen MR) is 151 cm³/mol. The molecule has 1 aromatic heterocycles. The Morgan fingerprint density at radius 3 is 2.18 bits per heavy atom. The van der Waals surface area contributed by atoms with Gasteiger partial charge in [0, 0.05) is 47.7 Å². The number of ether oxygens (including phenoxy) is 2. The van der Waals surface area contributed by atoms with Gasteiger partial charge in [0.2, 0.25) is 5.91 Å². The van der Waals surface area contributed by atoms with E-state index >= 15 is 0 Å². The van der Waals surface area contributed by atoms with Gasteiger partial charge in [0.05, 0.1) is 20.8 Å². The molecule has 204 valence electrons. The maximum atomic E-state index is 13.7. The van der Waals surface area contributed by atoms with E-state index in [1.54, 1.807) is 23.1 Å². The molecule has 0 spiro atoms. The van der Waals surface area contributed by atoms with E-state index in [9.17, 15) is 9.59 Å². The van der Waals surface area contributed by atoms with Crippen molar-refractivity contribution in [2.45, 2.75) is 46.8 Å². The molecular weight excluding hydrogens is 502 g/mol. The van der Waals surface area contributed by atoms with Crippen LogP contribution in [0, 0.1) is 5.92 Å². The second-order valence-corrected chi connectivity index (χ2v) is 10.4. The SMILES string of the molecule is COc1cc(OC)cc(C(=O)N(CC(=O)N(Cc2cccn2Cc2ccccc2Cl)CC(C)C)C(C)C)c1. The molecule has 0 bridgehead atoms. The molecule has 0 aliphatic rings. The Kier molecular flexibility index (Phi) is 10.2. The fraction of sp³-hybridized carbons (Fsp3) is 0.400. The molecule has 38 heavy (non-hydrogen) atoms. The first kappa shape index (κ1) is 29.1. The second-order valence-electron chi connectivity index (χ2n) is 10.0. The number of benzene rings is 2. The van der Waals surface area contributed by atoms with Gasteiger partial charge < -0.3 is 23.8 Å². The van der Waals surface area contributed by atoms with Crippen molar-refractivity contribution in [3.8, 4) is 11.5 Å². The number of amides is 2. The molecule has 8 heteroatoms. The predicted octanol–water partition coefficient (Wildman–Crippen LogP) is 5.74. The van der Waals surface area contributed by atoms with Gasteiger partial charge >= 0.3 is 0 Å². The van der Waals surface area contributed by atoms with Crippen LogP contribution in [0.4, 0.5) is 0 Å². The average Bonchev–Trinajstić information content (AvgIpc) is 3.33. The third-order valence-corrected chi connectivity index (χ3v) is 6.67. The summed E-state index contributed by atoms with van der Waals surface area (Å²) < 4.78 is 12.8. The Morgan fingerprint density at radius 2 is 1.61 bits per heavy atom. The molecule has 2 aromatic carbocycles. The number of methoxy groups -OCH3 is 2. The number of carbonyl (C=O) groups excluding carboxylic acids is 2. The van der Waals surface area contributed by atoms with Crippen molar-refractivity contribution in [3.05, 3.63) is 82.6 Å². The fourth-order valence-corrected chi connectivity index (χ4v) is 4.48. The zero-order valence-electron chi connectivity index (χ0n) is 23.1. The Balaban J connectivity index is 1.82. The van der Waals surface area contributed by atoms with Gasteiger partial charge in [-0.25, -0.2) is 0 Å². The van der Waals surface area contributed by atoms with E-state index in [-0.39, 0.29) is 30.3 Å². The summed E-state index contributed by atoms with van der Waals surface area (Å²) in [7, 11) is 3.08. The van der Waals surface area contributed by atoms with E-state index in [4.69, 9.17) is 21.1 Å². The highest BCUT2D eigenvalue weighted by atomic mass is 35.5. The topological polar surface area (TPSA) is 64.0 Å². The van der Waals surface area contributed by atoms with E-state index in [2.05, 4.69) is 18.4 Å². The van der Waals surface area contributed by atoms with Crippen LogP contribution in [0.5, 0.6) is 11.5 Å². The van der Waals surface area contributed by atoms with Gasteiger partial charge in [-0.15, -0.1) is 0 Å². The first-order chi connectivity index (χ1) is 18.1. The van der Waals surface area contributed by atoms with Crippen LogP contribution in [0.1, 0.15) is 49.3 Å². The van der Waals surface area contributed by atoms with Crippen LogP contribution in [0.25, 0.3) is 0 Å². The maximum Gasteiger partial charge on any atom is 0.254 e. The summed E-state index contributed by atoms with van der Waals surface area (Å²) in [5, 5.41) is 0.711. The number of aromatic nitrogens is 1. The summed E-state index contributed by atoms with van der Waals surface area (Å²) in [6.07, 6.45) is 2.00. The number of hydrogen-bond acceptors (Lipinski definition) is 4. The van der Waals surface area contributed by atoms with Gasteiger partial charge in [0.15, 0.2) is 0 Å². The number of halogens is 1. The number of hydrogen-bond donors (Lipinski definition) is 0. The Bertz CT molecular complexity index is 1220. The van der Waals surface area contributed by atoms with Crippen LogP contribution < -0.4 is 9.47 Å². The first-order valence-corrected chi connectivity index (χ1v) is 13.2. The number of rotatable bonds is 12. The summed E-state index contributed by atoms with van der Waals surface area (Å²) in [5.41, 5.74) is 2.42. The first-order valence-electron chi connectivity index (χ1n) is 12.8. The minimum absolute atomic E-state index is 0.0338. The molecule has 0 saturated heterocycles. The highest BCUT2D eigenvalue weighted by molar-refractivity contribution is 6.31. The maximum absolute atomic E-state index is 13.7. The molecule has 0 aliphatic carbocycles. The van der Waals surface area contributed by atoms with Crippen molar-refractivity contribution in [1.29, 1.82) is 0 Å². The van der Waals surface area contributed by atoms with E-state index < -0.39 is 0 Å². The standard InChI is InChI=1S/C30H38ClN3O4/c1-21(2)17-33(19-25-11-9-13-32(25)18-23-10-7-8-12-28(23)31)29(35)20-34(22(3)4)30(36)24-14-26(37-5)16-27(15-24)38-6/h7-16,21-22H,17-20H2,1-6H3. The lowest BCUT2D eigenvalue weighted by Gasteiger charge is -2.31. The Morgan fingerprint density at radius 1 is 0.947 bits per heavy atom. The van der Waals surface area contributed by atoms with Crippen molar-refractivity contribution in [1.82, 2.24) is 14.4 Å². The van der Waals surface area contributed by atoms with Crippen LogP contribution in [-0.4, -0.2) is 59.5 Å². The molecule has 0 fully saturated rings. The molecule has 3 aromatic rings. The van der Waals surface area contributed by atoms with Crippen molar-refractivity contribution >= 4 is 23.4 Å². The zero-order valence-corrected chi connectivity index (χ0v) is 23.9. The Hall–Kier alpha value is -3.45. The lowest BCUT2D eigenvalue weighted by atomic mass is 10.1. The van der Waals surface area contributed by atoms with E-state index in [1.807, 2.05) is 61.3 Å². The van der Waals surface area contributed by atoms with Gasteiger partial charge in [-0.1, -0.05) is 43.6 Å². The third-order valence-electron chi connectivity index (χ3n) is 6.30. The average molecular weight is 540 g/mol. The van der Waals surface area contributed by atoms with Crippen molar-refractivity contribution in [2.24, 2.45) is 5.92 Å². The van der Waals surface area contributed by atoms with E-state index in [1.165, 1.54) is 14.2 Å². The number of nitrogens with zero attached hydrogens (tertiary/aromatic N) is 3. The molecule has 0 atom stereocenters. The van der Waals surface area contributed by atoms with Crippen LogP contribution in [-0.2, 0) is 17.9 Å². The van der Waals surface area contributed by atoms with Gasteiger partial charge in [-0.05, 0) is 55.7 Å². The van der Waals surface area contributed by atoms with Crippen LogP contribution >= 0.6 is 11.6 Å². The van der Waals surface area contributed by atoms with Gasteiger partial charge in [-0.3, -0.25) is 9.59 Å². The molecule has 7 nitrogen and oxygen atoms in total. The normalized spacial score (nSPS) is 11.1.